The van der Waals surface area contributed by atoms with Crippen molar-refractivity contribution in [2.24, 2.45) is 11.3 Å². The van der Waals surface area contributed by atoms with Crippen LogP contribution in [-0.2, 0) is 9.53 Å². The number of amides is 1. The maximum Gasteiger partial charge on any atom is 0.230 e. The molecule has 2 N–H and O–H groups in total. The Morgan fingerprint density at radius 2 is 2.22 bits per heavy atom. The van der Waals surface area contributed by atoms with Gasteiger partial charge in [-0.3, -0.25) is 4.79 Å². The molecule has 1 heterocycles. The smallest absolute Gasteiger partial charge is 0.230 e. The number of carbonyl (C=O) groups is 1. The summed E-state index contributed by atoms with van der Waals surface area (Å²) in [5.41, 5.74) is -0.341. The maximum absolute atomic E-state index is 12.5. The van der Waals surface area contributed by atoms with E-state index < -0.39 is 0 Å². The summed E-state index contributed by atoms with van der Waals surface area (Å²) in [6, 6.07) is 0.362. The predicted molar refractivity (Wildman–Crippen MR) is 71.4 cm³/mol. The van der Waals surface area contributed by atoms with E-state index in [0.717, 1.165) is 25.9 Å². The third-order valence-electron chi connectivity index (χ3n) is 4.57. The van der Waals surface area contributed by atoms with Crippen LogP contribution in [0.15, 0.2) is 0 Å². The van der Waals surface area contributed by atoms with Crippen LogP contribution in [0.1, 0.15) is 39.0 Å². The molecule has 4 nitrogen and oxygen atoms in total. The summed E-state index contributed by atoms with van der Waals surface area (Å²) < 4.78 is 5.27. The number of ether oxygens (including phenoxy) is 1. The Labute approximate surface area is 110 Å². The van der Waals surface area contributed by atoms with Crippen LogP contribution < -0.4 is 10.6 Å². The van der Waals surface area contributed by atoms with Crippen LogP contribution in [0.3, 0.4) is 0 Å². The lowest BCUT2D eigenvalue weighted by Crippen LogP contribution is -2.51. The standard InChI is InChI=1S/C14H26N2O2/c1-11-5-3-4-6-12(11)16-13(17)14(10-18-2)7-8-15-9-14/h11-12,15H,3-10H2,1-2H3,(H,16,17). The van der Waals surface area contributed by atoms with Gasteiger partial charge >= 0.3 is 0 Å². The Bertz CT molecular complexity index is 288. The zero-order chi connectivity index (χ0) is 13.0. The highest BCUT2D eigenvalue weighted by molar-refractivity contribution is 5.83. The largest absolute Gasteiger partial charge is 0.384 e. The molecule has 2 fully saturated rings. The van der Waals surface area contributed by atoms with Gasteiger partial charge in [-0.1, -0.05) is 19.8 Å². The number of rotatable bonds is 4. The minimum Gasteiger partial charge on any atom is -0.384 e. The van der Waals surface area contributed by atoms with Gasteiger partial charge < -0.3 is 15.4 Å². The van der Waals surface area contributed by atoms with Crippen molar-refractivity contribution in [2.45, 2.75) is 45.1 Å². The van der Waals surface area contributed by atoms with E-state index in [4.69, 9.17) is 4.74 Å². The molecule has 0 radical (unpaired) electrons. The number of hydrogen-bond acceptors (Lipinski definition) is 3. The predicted octanol–water partition coefficient (Wildman–Crippen LogP) is 1.31. The van der Waals surface area contributed by atoms with Crippen LogP contribution in [0.25, 0.3) is 0 Å². The third-order valence-corrected chi connectivity index (χ3v) is 4.57. The summed E-state index contributed by atoms with van der Waals surface area (Å²) in [7, 11) is 1.68. The molecular formula is C14H26N2O2. The lowest BCUT2D eigenvalue weighted by atomic mass is 9.83. The van der Waals surface area contributed by atoms with Crippen molar-refractivity contribution < 1.29 is 9.53 Å². The topological polar surface area (TPSA) is 50.4 Å². The van der Waals surface area contributed by atoms with Gasteiger partial charge in [-0.25, -0.2) is 0 Å². The van der Waals surface area contributed by atoms with E-state index in [1.54, 1.807) is 7.11 Å². The molecule has 1 aliphatic heterocycles. The summed E-state index contributed by atoms with van der Waals surface area (Å²) in [4.78, 5) is 12.5. The summed E-state index contributed by atoms with van der Waals surface area (Å²) in [6.07, 6.45) is 5.79. The van der Waals surface area contributed by atoms with Crippen LogP contribution >= 0.6 is 0 Å². The first-order valence-electron chi connectivity index (χ1n) is 7.18. The molecule has 2 rings (SSSR count). The van der Waals surface area contributed by atoms with Crippen molar-refractivity contribution in [1.29, 1.82) is 0 Å². The zero-order valence-electron chi connectivity index (χ0n) is 11.6. The molecular weight excluding hydrogens is 228 g/mol. The van der Waals surface area contributed by atoms with Crippen LogP contribution in [0.2, 0.25) is 0 Å². The Morgan fingerprint density at radius 3 is 2.83 bits per heavy atom. The van der Waals surface area contributed by atoms with Crippen molar-refractivity contribution in [3.63, 3.8) is 0 Å². The van der Waals surface area contributed by atoms with E-state index in [-0.39, 0.29) is 11.3 Å². The summed E-state index contributed by atoms with van der Waals surface area (Å²) >= 11 is 0. The molecule has 0 bridgehead atoms. The molecule has 18 heavy (non-hydrogen) atoms. The van der Waals surface area contributed by atoms with Crippen molar-refractivity contribution in [3.05, 3.63) is 0 Å². The van der Waals surface area contributed by atoms with Gasteiger partial charge in [0.15, 0.2) is 0 Å². The maximum atomic E-state index is 12.5. The van der Waals surface area contributed by atoms with E-state index in [1.165, 1.54) is 19.3 Å². The molecule has 3 unspecified atom stereocenters. The van der Waals surface area contributed by atoms with Gasteiger partial charge in [-0.2, -0.15) is 0 Å². The Kier molecular flexibility index (Phi) is 4.62. The third kappa shape index (κ3) is 2.86. The summed E-state index contributed by atoms with van der Waals surface area (Å²) in [5, 5.41) is 6.56. The first kappa shape index (κ1) is 13.8. The van der Waals surface area contributed by atoms with Crippen LogP contribution in [0.4, 0.5) is 0 Å². The van der Waals surface area contributed by atoms with E-state index in [2.05, 4.69) is 17.6 Å². The first-order chi connectivity index (χ1) is 8.68. The van der Waals surface area contributed by atoms with Crippen LogP contribution in [0, 0.1) is 11.3 Å². The fourth-order valence-electron chi connectivity index (χ4n) is 3.25. The molecule has 2 aliphatic rings. The number of nitrogens with one attached hydrogen (secondary N) is 2. The van der Waals surface area contributed by atoms with E-state index in [0.29, 0.717) is 18.6 Å². The lowest BCUT2D eigenvalue weighted by molar-refractivity contribution is -0.134. The van der Waals surface area contributed by atoms with Gasteiger partial charge in [-0.05, 0) is 31.7 Å². The monoisotopic (exact) mass is 254 g/mol. The summed E-state index contributed by atoms with van der Waals surface area (Å²) in [5.74, 6) is 0.796. The Hall–Kier alpha value is -0.610. The van der Waals surface area contributed by atoms with E-state index in [9.17, 15) is 4.79 Å². The SMILES string of the molecule is COCC1(C(=O)NC2CCCCC2C)CCNC1. The second-order valence-corrected chi connectivity index (χ2v) is 5.98. The Balaban J connectivity index is 1.96. The van der Waals surface area contributed by atoms with Gasteiger partial charge in [0, 0.05) is 19.7 Å². The van der Waals surface area contributed by atoms with Gasteiger partial charge in [0.05, 0.1) is 12.0 Å². The van der Waals surface area contributed by atoms with Gasteiger partial charge in [-0.15, -0.1) is 0 Å². The molecule has 0 aromatic rings. The van der Waals surface area contributed by atoms with E-state index >= 15 is 0 Å². The van der Waals surface area contributed by atoms with Gasteiger partial charge in [0.2, 0.25) is 5.91 Å². The van der Waals surface area contributed by atoms with Crippen LogP contribution in [0.5, 0.6) is 0 Å². The molecule has 1 aliphatic carbocycles. The van der Waals surface area contributed by atoms with Gasteiger partial charge in [0.1, 0.15) is 0 Å². The minimum absolute atomic E-state index is 0.188. The molecule has 0 aromatic carbocycles. The highest BCUT2D eigenvalue weighted by Gasteiger charge is 2.42. The quantitative estimate of drug-likeness (QED) is 0.795. The normalized spacial score (nSPS) is 36.6. The first-order valence-corrected chi connectivity index (χ1v) is 7.18. The fourth-order valence-corrected chi connectivity index (χ4v) is 3.25. The average molecular weight is 254 g/mol. The fraction of sp³-hybridized carbons (Fsp3) is 0.929. The molecule has 104 valence electrons. The molecule has 1 saturated heterocycles. The molecule has 3 atom stereocenters. The molecule has 1 saturated carbocycles. The highest BCUT2D eigenvalue weighted by atomic mass is 16.5. The minimum atomic E-state index is -0.341. The van der Waals surface area contributed by atoms with Crippen LogP contribution in [-0.4, -0.2) is 38.8 Å². The lowest BCUT2D eigenvalue weighted by Gasteiger charge is -2.34. The Morgan fingerprint density at radius 1 is 1.44 bits per heavy atom. The van der Waals surface area contributed by atoms with Crippen molar-refractivity contribution in [2.75, 3.05) is 26.8 Å². The second kappa shape index (κ2) is 6.02. The zero-order valence-corrected chi connectivity index (χ0v) is 11.6. The van der Waals surface area contributed by atoms with Crippen molar-refractivity contribution >= 4 is 5.91 Å². The summed E-state index contributed by atoms with van der Waals surface area (Å²) in [6.45, 7) is 4.43. The molecule has 0 spiro atoms. The van der Waals surface area contributed by atoms with Gasteiger partial charge in [0.25, 0.3) is 0 Å². The molecule has 0 aromatic heterocycles. The molecule has 4 heteroatoms. The second-order valence-electron chi connectivity index (χ2n) is 5.98. The van der Waals surface area contributed by atoms with Crippen molar-refractivity contribution in [3.8, 4) is 0 Å². The van der Waals surface area contributed by atoms with E-state index in [1.807, 2.05) is 0 Å². The number of hydrogen-bond donors (Lipinski definition) is 2. The highest BCUT2D eigenvalue weighted by Crippen LogP contribution is 2.29. The molecule has 1 amide bonds. The number of methoxy groups -OCH3 is 1. The number of carbonyl (C=O) groups excluding carboxylic acids is 1. The van der Waals surface area contributed by atoms with Crippen molar-refractivity contribution in [1.82, 2.24) is 10.6 Å². The average Bonchev–Trinajstić information content (AvgIpc) is 2.82.